The zero-order chi connectivity index (χ0) is 21.2. The molecule has 0 aliphatic carbocycles. The van der Waals surface area contributed by atoms with Gasteiger partial charge >= 0.3 is 0 Å². The SMILES string of the molecule is CC(=O)Nc1ccc(NC(=O)c2cc(S(=O)(=O)N3CCCC3)ccc2Cl)c(Cl)c1. The number of carbonyl (C=O) groups excluding carboxylic acids is 2. The van der Waals surface area contributed by atoms with Crippen molar-refractivity contribution < 1.29 is 18.0 Å². The van der Waals surface area contributed by atoms with E-state index >= 15 is 0 Å². The van der Waals surface area contributed by atoms with Crippen molar-refractivity contribution in [1.29, 1.82) is 0 Å². The molecule has 2 aromatic carbocycles. The largest absolute Gasteiger partial charge is 0.326 e. The molecule has 0 radical (unpaired) electrons. The number of carbonyl (C=O) groups is 2. The molecule has 154 valence electrons. The lowest BCUT2D eigenvalue weighted by atomic mass is 10.2. The Morgan fingerprint density at radius 2 is 1.66 bits per heavy atom. The minimum Gasteiger partial charge on any atom is -0.326 e. The second-order valence-corrected chi connectivity index (χ2v) is 9.34. The van der Waals surface area contributed by atoms with Crippen LogP contribution in [0.5, 0.6) is 0 Å². The van der Waals surface area contributed by atoms with Crippen molar-refractivity contribution in [3.63, 3.8) is 0 Å². The molecule has 1 aliphatic heterocycles. The van der Waals surface area contributed by atoms with Crippen LogP contribution in [0.25, 0.3) is 0 Å². The third-order valence-corrected chi connectivity index (χ3v) is 6.96. The lowest BCUT2D eigenvalue weighted by Crippen LogP contribution is -2.28. The first-order chi connectivity index (χ1) is 13.7. The number of hydrogen-bond donors (Lipinski definition) is 2. The summed E-state index contributed by atoms with van der Waals surface area (Å²) in [6.45, 7) is 2.29. The van der Waals surface area contributed by atoms with Crippen LogP contribution in [0.2, 0.25) is 10.0 Å². The van der Waals surface area contributed by atoms with Gasteiger partial charge in [-0.1, -0.05) is 23.2 Å². The quantitative estimate of drug-likeness (QED) is 0.712. The van der Waals surface area contributed by atoms with E-state index in [0.29, 0.717) is 24.5 Å². The summed E-state index contributed by atoms with van der Waals surface area (Å²) in [5.74, 6) is -0.844. The first kappa shape index (κ1) is 21.6. The van der Waals surface area contributed by atoms with E-state index in [4.69, 9.17) is 23.2 Å². The topological polar surface area (TPSA) is 95.6 Å². The summed E-state index contributed by atoms with van der Waals surface area (Å²) in [5.41, 5.74) is 0.806. The first-order valence-electron chi connectivity index (χ1n) is 8.86. The Balaban J connectivity index is 1.85. The van der Waals surface area contributed by atoms with Gasteiger partial charge in [0.25, 0.3) is 5.91 Å². The molecule has 0 spiro atoms. The van der Waals surface area contributed by atoms with Crippen molar-refractivity contribution >= 4 is 56.4 Å². The molecule has 2 amide bonds. The maximum atomic E-state index is 12.8. The summed E-state index contributed by atoms with van der Waals surface area (Å²) in [4.78, 5) is 23.9. The maximum absolute atomic E-state index is 12.8. The molecule has 7 nitrogen and oxygen atoms in total. The number of anilines is 2. The number of rotatable bonds is 5. The van der Waals surface area contributed by atoms with E-state index in [1.165, 1.54) is 41.6 Å². The van der Waals surface area contributed by atoms with Crippen LogP contribution in [-0.2, 0) is 14.8 Å². The molecular weight excluding hydrogens is 437 g/mol. The summed E-state index contributed by atoms with van der Waals surface area (Å²) in [6, 6.07) is 8.66. The normalized spacial score (nSPS) is 14.6. The second-order valence-electron chi connectivity index (χ2n) is 6.58. The molecule has 0 saturated carbocycles. The average Bonchev–Trinajstić information content (AvgIpc) is 3.19. The number of benzene rings is 2. The number of amides is 2. The molecule has 3 rings (SSSR count). The highest BCUT2D eigenvalue weighted by Crippen LogP contribution is 2.29. The van der Waals surface area contributed by atoms with Crippen molar-refractivity contribution in [2.24, 2.45) is 0 Å². The first-order valence-corrected chi connectivity index (χ1v) is 11.1. The number of nitrogens with zero attached hydrogens (tertiary/aromatic N) is 1. The molecule has 0 bridgehead atoms. The minimum atomic E-state index is -3.68. The Morgan fingerprint density at radius 1 is 0.966 bits per heavy atom. The van der Waals surface area contributed by atoms with Gasteiger partial charge in [0.2, 0.25) is 15.9 Å². The highest BCUT2D eigenvalue weighted by molar-refractivity contribution is 7.89. The van der Waals surface area contributed by atoms with E-state index < -0.39 is 15.9 Å². The standard InChI is InChI=1S/C19H19Cl2N3O4S/c1-12(25)22-13-4-7-18(17(21)10-13)23-19(26)15-11-14(5-6-16(15)20)29(27,28)24-8-2-3-9-24/h4-7,10-11H,2-3,8-9H2,1H3,(H,22,25)(H,23,26). The van der Waals surface area contributed by atoms with Gasteiger partial charge in [0.15, 0.2) is 0 Å². The Bertz CT molecular complexity index is 1070. The van der Waals surface area contributed by atoms with Crippen LogP contribution in [-0.4, -0.2) is 37.6 Å². The molecule has 29 heavy (non-hydrogen) atoms. The van der Waals surface area contributed by atoms with Crippen LogP contribution in [0, 0.1) is 0 Å². The van der Waals surface area contributed by atoms with Crippen LogP contribution in [0.1, 0.15) is 30.1 Å². The van der Waals surface area contributed by atoms with Crippen LogP contribution < -0.4 is 10.6 Å². The number of nitrogens with one attached hydrogen (secondary N) is 2. The number of halogens is 2. The van der Waals surface area contributed by atoms with E-state index in [0.717, 1.165) is 12.8 Å². The number of sulfonamides is 1. The van der Waals surface area contributed by atoms with Crippen molar-refractivity contribution in [3.8, 4) is 0 Å². The summed E-state index contributed by atoms with van der Waals surface area (Å²) >= 11 is 12.3. The summed E-state index contributed by atoms with van der Waals surface area (Å²) in [7, 11) is -3.68. The maximum Gasteiger partial charge on any atom is 0.257 e. The smallest absolute Gasteiger partial charge is 0.257 e. The fourth-order valence-electron chi connectivity index (χ4n) is 3.00. The molecule has 1 aliphatic rings. The van der Waals surface area contributed by atoms with Crippen LogP contribution in [0.15, 0.2) is 41.3 Å². The van der Waals surface area contributed by atoms with Crippen LogP contribution >= 0.6 is 23.2 Å². The fraction of sp³-hybridized carbons (Fsp3) is 0.263. The van der Waals surface area contributed by atoms with Gasteiger partial charge in [-0.15, -0.1) is 0 Å². The molecule has 2 N–H and O–H groups in total. The Hall–Kier alpha value is -2.13. The molecule has 0 unspecified atom stereocenters. The lowest BCUT2D eigenvalue weighted by Gasteiger charge is -2.16. The van der Waals surface area contributed by atoms with Gasteiger partial charge in [0.1, 0.15) is 0 Å². The van der Waals surface area contributed by atoms with Crippen LogP contribution in [0.4, 0.5) is 11.4 Å². The Morgan fingerprint density at radius 3 is 2.28 bits per heavy atom. The predicted octanol–water partition coefficient (Wildman–Crippen LogP) is 3.99. The molecular formula is C19H19Cl2N3O4S. The molecule has 2 aromatic rings. The van der Waals surface area contributed by atoms with E-state index in [-0.39, 0.29) is 26.4 Å². The number of hydrogen-bond acceptors (Lipinski definition) is 4. The van der Waals surface area contributed by atoms with Crippen molar-refractivity contribution in [1.82, 2.24) is 4.31 Å². The van der Waals surface area contributed by atoms with Gasteiger partial charge in [0.05, 0.1) is 26.2 Å². The van der Waals surface area contributed by atoms with Gasteiger partial charge in [0, 0.05) is 25.7 Å². The van der Waals surface area contributed by atoms with Gasteiger partial charge in [-0.25, -0.2) is 8.42 Å². The average molecular weight is 456 g/mol. The predicted molar refractivity (Wildman–Crippen MR) is 113 cm³/mol. The molecule has 1 fully saturated rings. The molecule has 10 heteroatoms. The molecule has 0 atom stereocenters. The van der Waals surface area contributed by atoms with Crippen molar-refractivity contribution in [2.45, 2.75) is 24.7 Å². The van der Waals surface area contributed by atoms with Crippen LogP contribution in [0.3, 0.4) is 0 Å². The zero-order valence-corrected chi connectivity index (χ0v) is 17.9. The Labute approximate surface area is 179 Å². The zero-order valence-electron chi connectivity index (χ0n) is 15.5. The van der Waals surface area contributed by atoms with Crippen molar-refractivity contribution in [3.05, 3.63) is 52.0 Å². The summed E-state index contributed by atoms with van der Waals surface area (Å²) < 4.78 is 26.9. The minimum absolute atomic E-state index is 0.0149. The third kappa shape index (κ3) is 4.90. The van der Waals surface area contributed by atoms with E-state index in [1.807, 2.05) is 0 Å². The third-order valence-electron chi connectivity index (χ3n) is 4.42. The second kappa shape index (κ2) is 8.71. The summed E-state index contributed by atoms with van der Waals surface area (Å²) in [6.07, 6.45) is 1.63. The Kier molecular flexibility index (Phi) is 6.48. The molecule has 1 saturated heterocycles. The van der Waals surface area contributed by atoms with Gasteiger partial charge in [-0.3, -0.25) is 9.59 Å². The fourth-order valence-corrected chi connectivity index (χ4v) is 4.98. The highest BCUT2D eigenvalue weighted by atomic mass is 35.5. The van der Waals surface area contributed by atoms with E-state index in [2.05, 4.69) is 10.6 Å². The lowest BCUT2D eigenvalue weighted by molar-refractivity contribution is -0.114. The van der Waals surface area contributed by atoms with Gasteiger partial charge < -0.3 is 10.6 Å². The highest BCUT2D eigenvalue weighted by Gasteiger charge is 2.28. The summed E-state index contributed by atoms with van der Waals surface area (Å²) in [5, 5.41) is 5.54. The van der Waals surface area contributed by atoms with Gasteiger partial charge in [-0.05, 0) is 49.2 Å². The molecule has 1 heterocycles. The van der Waals surface area contributed by atoms with E-state index in [1.54, 1.807) is 6.07 Å². The monoisotopic (exact) mass is 455 g/mol. The molecule has 0 aromatic heterocycles. The van der Waals surface area contributed by atoms with E-state index in [9.17, 15) is 18.0 Å². The van der Waals surface area contributed by atoms with Gasteiger partial charge in [-0.2, -0.15) is 4.31 Å². The van der Waals surface area contributed by atoms with Crippen molar-refractivity contribution in [2.75, 3.05) is 23.7 Å².